The molecule has 1 heterocycles. The molecule has 1 amide bonds. The van der Waals surface area contributed by atoms with Crippen molar-refractivity contribution in [2.24, 2.45) is 0 Å². The quantitative estimate of drug-likeness (QED) is 0.413. The minimum absolute atomic E-state index is 0.0211. The van der Waals surface area contributed by atoms with E-state index in [1.165, 1.54) is 16.9 Å². The SMILES string of the molecule is CC(C)c1cc(C2(NCC(O)C(Cc3cc(F)cc(F)c3)NC(=O)O)CCCCC2)cs1. The molecule has 1 aromatic carbocycles. The Morgan fingerprint density at radius 3 is 2.34 bits per heavy atom. The molecule has 5 nitrogen and oxygen atoms in total. The third-order valence-electron chi connectivity index (χ3n) is 6.25. The predicted octanol–water partition coefficient (Wildman–Crippen LogP) is 5.14. The molecule has 1 saturated carbocycles. The number of rotatable bonds is 9. The molecule has 3 rings (SSSR count). The fourth-order valence-electron chi connectivity index (χ4n) is 4.50. The molecule has 176 valence electrons. The summed E-state index contributed by atoms with van der Waals surface area (Å²) in [5.41, 5.74) is 1.24. The van der Waals surface area contributed by atoms with Gasteiger partial charge in [0.15, 0.2) is 0 Å². The summed E-state index contributed by atoms with van der Waals surface area (Å²) < 4.78 is 27.2. The fraction of sp³-hybridized carbons (Fsp3) is 0.542. The number of hydrogen-bond acceptors (Lipinski definition) is 4. The van der Waals surface area contributed by atoms with Crippen LogP contribution in [0, 0.1) is 11.6 Å². The molecule has 2 unspecified atom stereocenters. The zero-order valence-electron chi connectivity index (χ0n) is 18.5. The van der Waals surface area contributed by atoms with Crippen LogP contribution in [0.3, 0.4) is 0 Å². The molecule has 1 fully saturated rings. The average molecular weight is 467 g/mol. The van der Waals surface area contributed by atoms with Crippen LogP contribution in [0.1, 0.15) is 67.9 Å². The van der Waals surface area contributed by atoms with Gasteiger partial charge in [-0.2, -0.15) is 0 Å². The first-order chi connectivity index (χ1) is 15.2. The van der Waals surface area contributed by atoms with Gasteiger partial charge in [-0.25, -0.2) is 13.6 Å². The van der Waals surface area contributed by atoms with Crippen LogP contribution in [0.15, 0.2) is 29.6 Å². The van der Waals surface area contributed by atoms with Crippen LogP contribution in [-0.4, -0.2) is 35.0 Å². The Labute approximate surface area is 191 Å². The Kier molecular flexibility index (Phi) is 8.25. The number of benzene rings is 1. The monoisotopic (exact) mass is 466 g/mol. The topological polar surface area (TPSA) is 81.6 Å². The molecular formula is C24H32F2N2O3S. The Bertz CT molecular complexity index is 892. The number of halogens is 2. The molecule has 1 aliphatic carbocycles. The summed E-state index contributed by atoms with van der Waals surface area (Å²) in [6.45, 7) is 4.49. The molecule has 4 N–H and O–H groups in total. The van der Waals surface area contributed by atoms with Crippen molar-refractivity contribution in [3.05, 3.63) is 57.3 Å². The van der Waals surface area contributed by atoms with Crippen LogP contribution in [0.5, 0.6) is 0 Å². The number of aliphatic hydroxyl groups excluding tert-OH is 1. The molecule has 0 saturated heterocycles. The molecular weight excluding hydrogens is 434 g/mol. The lowest BCUT2D eigenvalue weighted by atomic mass is 9.77. The lowest BCUT2D eigenvalue weighted by molar-refractivity contribution is 0.100. The lowest BCUT2D eigenvalue weighted by Crippen LogP contribution is -2.53. The van der Waals surface area contributed by atoms with E-state index in [0.29, 0.717) is 5.92 Å². The van der Waals surface area contributed by atoms with E-state index in [9.17, 15) is 23.8 Å². The number of nitrogens with one attached hydrogen (secondary N) is 2. The molecule has 0 radical (unpaired) electrons. The Balaban J connectivity index is 1.75. The van der Waals surface area contributed by atoms with E-state index < -0.39 is 29.9 Å². The predicted molar refractivity (Wildman–Crippen MR) is 122 cm³/mol. The highest BCUT2D eigenvalue weighted by molar-refractivity contribution is 7.10. The van der Waals surface area contributed by atoms with Crippen LogP contribution >= 0.6 is 11.3 Å². The molecule has 32 heavy (non-hydrogen) atoms. The van der Waals surface area contributed by atoms with Gasteiger partial charge in [0.25, 0.3) is 0 Å². The first-order valence-electron chi connectivity index (χ1n) is 11.1. The molecule has 1 aliphatic rings. The van der Waals surface area contributed by atoms with Crippen LogP contribution in [0.25, 0.3) is 0 Å². The van der Waals surface area contributed by atoms with E-state index in [1.807, 2.05) is 0 Å². The molecule has 2 atom stereocenters. The van der Waals surface area contributed by atoms with Crippen molar-refractivity contribution in [3.63, 3.8) is 0 Å². The highest BCUT2D eigenvalue weighted by atomic mass is 32.1. The Morgan fingerprint density at radius 2 is 1.78 bits per heavy atom. The smallest absolute Gasteiger partial charge is 0.404 e. The second-order valence-electron chi connectivity index (χ2n) is 9.02. The summed E-state index contributed by atoms with van der Waals surface area (Å²) in [4.78, 5) is 12.6. The van der Waals surface area contributed by atoms with Gasteiger partial charge in [0.1, 0.15) is 11.6 Å². The van der Waals surface area contributed by atoms with Gasteiger partial charge in [-0.15, -0.1) is 11.3 Å². The van der Waals surface area contributed by atoms with E-state index >= 15 is 0 Å². The highest BCUT2D eigenvalue weighted by Crippen LogP contribution is 2.40. The average Bonchev–Trinajstić information content (AvgIpc) is 3.22. The molecule has 1 aromatic heterocycles. The summed E-state index contributed by atoms with van der Waals surface area (Å²) in [7, 11) is 0. The largest absolute Gasteiger partial charge is 0.465 e. The van der Waals surface area contributed by atoms with Crippen molar-refractivity contribution in [2.75, 3.05) is 6.54 Å². The minimum Gasteiger partial charge on any atom is -0.465 e. The first kappa shape index (κ1) is 24.6. The number of carboxylic acid groups (broad SMARTS) is 1. The van der Waals surface area contributed by atoms with Crippen LogP contribution in [-0.2, 0) is 12.0 Å². The van der Waals surface area contributed by atoms with Crippen molar-refractivity contribution in [3.8, 4) is 0 Å². The number of aliphatic hydroxyl groups is 1. The lowest BCUT2D eigenvalue weighted by Gasteiger charge is -2.39. The van der Waals surface area contributed by atoms with E-state index in [4.69, 9.17) is 0 Å². The van der Waals surface area contributed by atoms with Gasteiger partial charge >= 0.3 is 6.09 Å². The number of carbonyl (C=O) groups is 1. The molecule has 0 aliphatic heterocycles. The molecule has 0 spiro atoms. The van der Waals surface area contributed by atoms with E-state index in [-0.39, 0.29) is 24.1 Å². The van der Waals surface area contributed by atoms with Crippen molar-refractivity contribution in [1.29, 1.82) is 0 Å². The zero-order chi connectivity index (χ0) is 23.3. The number of amides is 1. The fourth-order valence-corrected chi connectivity index (χ4v) is 5.52. The van der Waals surface area contributed by atoms with Gasteiger partial charge < -0.3 is 20.8 Å². The van der Waals surface area contributed by atoms with E-state index in [1.54, 1.807) is 11.3 Å². The Morgan fingerprint density at radius 1 is 1.12 bits per heavy atom. The van der Waals surface area contributed by atoms with Gasteiger partial charge in [0.2, 0.25) is 0 Å². The van der Waals surface area contributed by atoms with E-state index in [2.05, 4.69) is 35.9 Å². The maximum absolute atomic E-state index is 13.6. The maximum atomic E-state index is 13.6. The summed E-state index contributed by atoms with van der Waals surface area (Å²) >= 11 is 1.74. The van der Waals surface area contributed by atoms with Crippen molar-refractivity contribution < 1.29 is 23.8 Å². The van der Waals surface area contributed by atoms with E-state index in [0.717, 1.165) is 43.9 Å². The van der Waals surface area contributed by atoms with Crippen molar-refractivity contribution >= 4 is 17.4 Å². The zero-order valence-corrected chi connectivity index (χ0v) is 19.4. The highest BCUT2D eigenvalue weighted by Gasteiger charge is 2.35. The van der Waals surface area contributed by atoms with Crippen LogP contribution in [0.2, 0.25) is 0 Å². The first-order valence-corrected chi connectivity index (χ1v) is 12.0. The van der Waals surface area contributed by atoms with Crippen LogP contribution in [0.4, 0.5) is 13.6 Å². The molecule has 8 heteroatoms. The van der Waals surface area contributed by atoms with Gasteiger partial charge in [0.05, 0.1) is 12.1 Å². The number of thiophene rings is 1. The summed E-state index contributed by atoms with van der Waals surface area (Å²) in [6, 6.07) is 4.40. The van der Waals surface area contributed by atoms with Gasteiger partial charge in [-0.05, 0) is 59.9 Å². The van der Waals surface area contributed by atoms with Crippen LogP contribution < -0.4 is 10.6 Å². The summed E-state index contributed by atoms with van der Waals surface area (Å²) in [5.74, 6) is -1.03. The number of hydrogen-bond donors (Lipinski definition) is 4. The summed E-state index contributed by atoms with van der Waals surface area (Å²) in [5, 5.41) is 28.1. The third-order valence-corrected chi connectivity index (χ3v) is 7.48. The Hall–Kier alpha value is -2.03. The second-order valence-corrected chi connectivity index (χ2v) is 9.96. The third kappa shape index (κ3) is 6.27. The van der Waals surface area contributed by atoms with Gasteiger partial charge in [-0.3, -0.25) is 0 Å². The standard InChI is InChI=1S/C24H32F2N2O3S/c1-15(2)22-11-17(14-32-22)24(6-4-3-5-7-24)27-13-21(29)20(28-23(30)31)10-16-8-18(25)12-19(26)9-16/h8-9,11-12,14-15,20-21,27-29H,3-7,10,13H2,1-2H3,(H,30,31). The van der Waals surface area contributed by atoms with Crippen molar-refractivity contribution in [1.82, 2.24) is 10.6 Å². The van der Waals surface area contributed by atoms with Crippen molar-refractivity contribution in [2.45, 2.75) is 76.0 Å². The summed E-state index contributed by atoms with van der Waals surface area (Å²) in [6.07, 6.45) is 2.83. The maximum Gasteiger partial charge on any atom is 0.404 e. The molecule has 2 aromatic rings. The normalized spacial score (nSPS) is 17.8. The second kappa shape index (κ2) is 10.7. The minimum atomic E-state index is -1.29. The van der Waals surface area contributed by atoms with Gasteiger partial charge in [0, 0.05) is 23.0 Å². The molecule has 0 bridgehead atoms. The van der Waals surface area contributed by atoms with Gasteiger partial charge in [-0.1, -0.05) is 33.1 Å².